The Balaban J connectivity index is 4.32. The van der Waals surface area contributed by atoms with Gasteiger partial charge >= 0.3 is 19.8 Å². The zero-order valence-electron chi connectivity index (χ0n) is 38.0. The summed E-state index contributed by atoms with van der Waals surface area (Å²) in [6.07, 6.45) is 58.8. The molecule has 0 saturated heterocycles. The normalized spacial score (nSPS) is 14.7. The number of phosphoric acid groups is 1. The number of aliphatic carboxylic acids is 1. The molecule has 0 radical (unpaired) electrons. The van der Waals surface area contributed by atoms with Crippen LogP contribution in [0.15, 0.2) is 97.2 Å². The van der Waals surface area contributed by atoms with E-state index < -0.39 is 45.1 Å². The van der Waals surface area contributed by atoms with Crippen molar-refractivity contribution < 1.29 is 42.7 Å². The number of ether oxygens (including phenoxy) is 2. The number of hydrogen-bond donors (Lipinski definition) is 3. The molecule has 348 valence electrons. The summed E-state index contributed by atoms with van der Waals surface area (Å²) in [5.41, 5.74) is 5.36. The van der Waals surface area contributed by atoms with E-state index in [4.69, 9.17) is 29.4 Å². The van der Waals surface area contributed by atoms with Crippen LogP contribution in [-0.4, -0.2) is 60.5 Å². The predicted octanol–water partition coefficient (Wildman–Crippen LogP) is 13.3. The van der Waals surface area contributed by atoms with Gasteiger partial charge in [0.2, 0.25) is 0 Å². The van der Waals surface area contributed by atoms with Gasteiger partial charge in [0.15, 0.2) is 0 Å². The Hall–Kier alpha value is -3.11. The second-order valence-electron chi connectivity index (χ2n) is 15.1. The SMILES string of the molecule is CC/C=C\C/C=C\C/C=C\C/C=C\C/C=C\CCCCCCOCC(COP(=O)(O)OCC(N)C(=O)O)OC(=O)CCCCCCCC/C=C\C/C=C\C/C=C\CCCCC. The monoisotopic (exact) mass is 874 g/mol. The summed E-state index contributed by atoms with van der Waals surface area (Å²) in [6.45, 7) is 3.64. The minimum absolute atomic E-state index is 0.0122. The number of carbonyl (C=O) groups is 2. The Kier molecular flexibility index (Phi) is 42.6. The van der Waals surface area contributed by atoms with Crippen molar-refractivity contribution in [3.8, 4) is 0 Å². The molecule has 0 spiro atoms. The molecule has 3 unspecified atom stereocenters. The largest absolute Gasteiger partial charge is 0.480 e. The van der Waals surface area contributed by atoms with Gasteiger partial charge in [-0.25, -0.2) is 4.57 Å². The van der Waals surface area contributed by atoms with Gasteiger partial charge in [-0.15, -0.1) is 0 Å². The Morgan fingerprint density at radius 3 is 1.43 bits per heavy atom. The summed E-state index contributed by atoms with van der Waals surface area (Å²) >= 11 is 0. The van der Waals surface area contributed by atoms with E-state index in [2.05, 4.69) is 111 Å². The number of unbranched alkanes of at least 4 members (excludes halogenated alkanes) is 13. The maximum absolute atomic E-state index is 12.7. The highest BCUT2D eigenvalue weighted by Gasteiger charge is 2.27. The number of carboxylic acid groups (broad SMARTS) is 1. The summed E-state index contributed by atoms with van der Waals surface area (Å²) in [5.74, 6) is -1.81. The van der Waals surface area contributed by atoms with E-state index in [9.17, 15) is 19.0 Å². The van der Waals surface area contributed by atoms with E-state index in [0.29, 0.717) is 13.0 Å². The molecule has 4 N–H and O–H groups in total. The van der Waals surface area contributed by atoms with Crippen LogP contribution in [-0.2, 0) is 32.7 Å². The van der Waals surface area contributed by atoms with Gasteiger partial charge in [0, 0.05) is 13.0 Å². The number of hydrogen-bond acceptors (Lipinski definition) is 8. The summed E-state index contributed by atoms with van der Waals surface area (Å²) < 4.78 is 33.4. The Morgan fingerprint density at radius 1 is 0.541 bits per heavy atom. The second kappa shape index (κ2) is 44.9. The fourth-order valence-corrected chi connectivity index (χ4v) is 6.53. The zero-order chi connectivity index (χ0) is 44.8. The molecule has 0 aromatic rings. The molecule has 0 aromatic carbocycles. The first-order valence-corrected chi connectivity index (χ1v) is 24.8. The van der Waals surface area contributed by atoms with Crippen molar-refractivity contribution in [1.82, 2.24) is 0 Å². The molecule has 0 aliphatic carbocycles. The van der Waals surface area contributed by atoms with E-state index in [1.807, 2.05) is 0 Å². The summed E-state index contributed by atoms with van der Waals surface area (Å²) in [6, 6.07) is -1.49. The predicted molar refractivity (Wildman–Crippen MR) is 253 cm³/mol. The number of allylic oxidation sites excluding steroid dienone is 16. The molecule has 3 atom stereocenters. The zero-order valence-corrected chi connectivity index (χ0v) is 38.9. The molecule has 0 aliphatic rings. The van der Waals surface area contributed by atoms with Crippen LogP contribution in [0.2, 0.25) is 0 Å². The molecule has 0 amide bonds. The lowest BCUT2D eigenvalue weighted by molar-refractivity contribution is -0.154. The van der Waals surface area contributed by atoms with Gasteiger partial charge in [0.1, 0.15) is 12.1 Å². The van der Waals surface area contributed by atoms with Gasteiger partial charge in [-0.1, -0.05) is 162 Å². The van der Waals surface area contributed by atoms with Gasteiger partial charge in [-0.3, -0.25) is 18.6 Å². The van der Waals surface area contributed by atoms with Gasteiger partial charge in [0.25, 0.3) is 0 Å². The highest BCUT2D eigenvalue weighted by molar-refractivity contribution is 7.47. The topological polar surface area (TPSA) is 155 Å². The van der Waals surface area contributed by atoms with Crippen LogP contribution >= 0.6 is 7.82 Å². The Labute approximate surface area is 370 Å². The summed E-state index contributed by atoms with van der Waals surface area (Å²) in [4.78, 5) is 33.6. The average molecular weight is 874 g/mol. The number of carbonyl (C=O) groups excluding carboxylic acids is 1. The molecular formula is C50H84NO9P. The molecular weight excluding hydrogens is 790 g/mol. The lowest BCUT2D eigenvalue weighted by Gasteiger charge is -2.20. The van der Waals surface area contributed by atoms with Crippen molar-refractivity contribution in [2.24, 2.45) is 5.73 Å². The first kappa shape index (κ1) is 57.9. The Bertz CT molecular complexity index is 1330. The summed E-state index contributed by atoms with van der Waals surface area (Å²) in [5, 5.41) is 8.91. The number of nitrogens with two attached hydrogens (primary N) is 1. The van der Waals surface area contributed by atoms with Crippen LogP contribution in [0.25, 0.3) is 0 Å². The van der Waals surface area contributed by atoms with Crippen LogP contribution in [0.5, 0.6) is 0 Å². The number of carboxylic acids is 1. The molecule has 0 rings (SSSR count). The number of esters is 1. The van der Waals surface area contributed by atoms with Gasteiger partial charge in [-0.2, -0.15) is 0 Å². The van der Waals surface area contributed by atoms with E-state index in [1.54, 1.807) is 0 Å². The van der Waals surface area contributed by atoms with Crippen molar-refractivity contribution in [2.45, 2.75) is 180 Å². The Morgan fingerprint density at radius 2 is 0.951 bits per heavy atom. The van der Waals surface area contributed by atoms with E-state index in [1.165, 1.54) is 25.7 Å². The van der Waals surface area contributed by atoms with Crippen LogP contribution in [0.4, 0.5) is 0 Å². The van der Waals surface area contributed by atoms with Crippen molar-refractivity contribution >= 4 is 19.8 Å². The van der Waals surface area contributed by atoms with Crippen molar-refractivity contribution in [3.05, 3.63) is 97.2 Å². The lowest BCUT2D eigenvalue weighted by Crippen LogP contribution is -2.34. The van der Waals surface area contributed by atoms with Crippen molar-refractivity contribution in [2.75, 3.05) is 26.4 Å². The number of rotatable bonds is 43. The van der Waals surface area contributed by atoms with Crippen molar-refractivity contribution in [3.63, 3.8) is 0 Å². The van der Waals surface area contributed by atoms with E-state index in [-0.39, 0.29) is 13.0 Å². The molecule has 0 heterocycles. The van der Waals surface area contributed by atoms with Gasteiger partial charge < -0.3 is 25.2 Å². The molecule has 0 bridgehead atoms. The third-order valence-corrected chi connectivity index (χ3v) is 10.3. The fraction of sp³-hybridized carbons (Fsp3) is 0.640. The average Bonchev–Trinajstić information content (AvgIpc) is 3.24. The van der Waals surface area contributed by atoms with E-state index in [0.717, 1.165) is 116 Å². The maximum Gasteiger partial charge on any atom is 0.472 e. The molecule has 61 heavy (non-hydrogen) atoms. The molecule has 0 fully saturated rings. The highest BCUT2D eigenvalue weighted by Crippen LogP contribution is 2.43. The van der Waals surface area contributed by atoms with Crippen LogP contribution in [0.3, 0.4) is 0 Å². The quantitative estimate of drug-likeness (QED) is 0.0233. The first-order valence-electron chi connectivity index (χ1n) is 23.3. The molecule has 0 saturated carbocycles. The lowest BCUT2D eigenvalue weighted by atomic mass is 10.1. The van der Waals surface area contributed by atoms with Crippen LogP contribution in [0, 0.1) is 0 Å². The minimum atomic E-state index is -4.64. The fourth-order valence-electron chi connectivity index (χ4n) is 5.75. The summed E-state index contributed by atoms with van der Waals surface area (Å²) in [7, 11) is -4.64. The minimum Gasteiger partial charge on any atom is -0.480 e. The molecule has 0 aromatic heterocycles. The third kappa shape index (κ3) is 44.7. The first-order chi connectivity index (χ1) is 29.7. The smallest absolute Gasteiger partial charge is 0.472 e. The maximum atomic E-state index is 12.7. The van der Waals surface area contributed by atoms with Gasteiger partial charge in [-0.05, 0) is 96.3 Å². The third-order valence-electron chi connectivity index (χ3n) is 9.35. The van der Waals surface area contributed by atoms with Crippen LogP contribution in [0.1, 0.15) is 168 Å². The standard InChI is InChI=1S/C50H84NO9P/c1-3-5-7-9-11-13-15-17-19-21-23-25-27-29-31-33-35-37-39-41-43-57-44-47(45-58-61(55,56)59-46-48(51)50(53)54)60-49(52)42-40-38-36-34-32-30-28-26-24-22-20-18-16-14-12-10-8-6-4-2/h5,7,11-14,17-20,23-26,29,31,47-48H,3-4,6,8-10,15-16,21-22,27-28,30,32-46,51H2,1-2H3,(H,53,54)(H,55,56)/b7-5-,13-11-,14-12-,19-17-,20-18-,25-23-,26-24-,31-29-. The number of phosphoric ester groups is 1. The van der Waals surface area contributed by atoms with E-state index >= 15 is 0 Å². The highest BCUT2D eigenvalue weighted by atomic mass is 31.2. The molecule has 10 nitrogen and oxygen atoms in total. The van der Waals surface area contributed by atoms with Crippen molar-refractivity contribution in [1.29, 1.82) is 0 Å². The molecule has 11 heteroatoms. The molecule has 0 aliphatic heterocycles. The second-order valence-corrected chi connectivity index (χ2v) is 16.6. The van der Waals surface area contributed by atoms with Crippen LogP contribution < -0.4 is 5.73 Å². The van der Waals surface area contributed by atoms with Gasteiger partial charge in [0.05, 0.1) is 19.8 Å².